The summed E-state index contributed by atoms with van der Waals surface area (Å²) in [5.41, 5.74) is 3.52. The first-order valence-corrected chi connectivity index (χ1v) is 8.55. The van der Waals surface area contributed by atoms with Crippen molar-refractivity contribution in [2.75, 3.05) is 13.2 Å². The first-order valence-electron chi connectivity index (χ1n) is 8.55. The number of carbonyl (C=O) groups is 1. The monoisotopic (exact) mass is 315 g/mol. The third-order valence-corrected chi connectivity index (χ3v) is 4.74. The summed E-state index contributed by atoms with van der Waals surface area (Å²) < 4.78 is 1.92. The molecule has 0 spiro atoms. The summed E-state index contributed by atoms with van der Waals surface area (Å²) in [6, 6.07) is 4.16. The quantitative estimate of drug-likeness (QED) is 0.943. The number of carbonyl (C=O) groups excluding carboxylic acids is 1. The molecule has 23 heavy (non-hydrogen) atoms. The van der Waals surface area contributed by atoms with Gasteiger partial charge < -0.3 is 10.0 Å². The van der Waals surface area contributed by atoms with E-state index in [9.17, 15) is 9.90 Å². The van der Waals surface area contributed by atoms with Gasteiger partial charge in [-0.2, -0.15) is 0 Å². The van der Waals surface area contributed by atoms with Gasteiger partial charge in [-0.05, 0) is 56.7 Å². The van der Waals surface area contributed by atoms with Crippen LogP contribution in [0.15, 0.2) is 18.3 Å². The Morgan fingerprint density at radius 3 is 3.00 bits per heavy atom. The maximum Gasteiger partial charge on any atom is 0.273 e. The van der Waals surface area contributed by atoms with Gasteiger partial charge in [0.25, 0.3) is 5.91 Å². The van der Waals surface area contributed by atoms with Gasteiger partial charge in [0.05, 0.1) is 5.69 Å². The zero-order valence-corrected chi connectivity index (χ0v) is 14.0. The molecule has 5 heteroatoms. The molecule has 1 N–H and O–H groups in total. The van der Waals surface area contributed by atoms with Crippen LogP contribution >= 0.6 is 0 Å². The van der Waals surface area contributed by atoms with Gasteiger partial charge >= 0.3 is 0 Å². The van der Waals surface area contributed by atoms with Crippen LogP contribution in [0.1, 0.15) is 54.4 Å². The zero-order chi connectivity index (χ0) is 16.4. The lowest BCUT2D eigenvalue weighted by molar-refractivity contribution is 0.0566. The molecular formula is C18H25N3O2. The number of nitrogens with zero attached hydrogens (tertiary/aromatic N) is 3. The molecule has 0 bridgehead atoms. The molecule has 0 aromatic carbocycles. The highest BCUT2D eigenvalue weighted by Crippen LogP contribution is 2.24. The highest BCUT2D eigenvalue weighted by Gasteiger charge is 2.30. The highest BCUT2D eigenvalue weighted by molar-refractivity contribution is 5.95. The molecule has 0 saturated carbocycles. The van der Waals surface area contributed by atoms with Crippen molar-refractivity contribution in [1.29, 1.82) is 0 Å². The third kappa shape index (κ3) is 2.98. The fourth-order valence-corrected chi connectivity index (χ4v) is 3.52. The fraction of sp³-hybridized carbons (Fsp3) is 0.556. The number of aryl methyl sites for hydroxylation is 2. The number of piperidine rings is 1. The van der Waals surface area contributed by atoms with Gasteiger partial charge in [-0.25, -0.2) is 4.98 Å². The number of amides is 1. The highest BCUT2D eigenvalue weighted by atomic mass is 16.3. The lowest BCUT2D eigenvalue weighted by atomic mass is 9.99. The standard InChI is InChI=1S/C18H25N3O2/c1-3-15-17(21-10-7-13(2)12-16(21)19-15)18(23)20-9-5-4-6-14(20)8-11-22/h7,10,12,14,22H,3-6,8-9,11H2,1-2H3. The number of pyridine rings is 1. The van der Waals surface area contributed by atoms with Crippen molar-refractivity contribution < 1.29 is 9.90 Å². The number of hydrogen-bond donors (Lipinski definition) is 1. The number of aliphatic hydroxyl groups excluding tert-OH is 1. The Morgan fingerprint density at radius 1 is 1.43 bits per heavy atom. The second-order valence-corrected chi connectivity index (χ2v) is 6.35. The number of fused-ring (bicyclic) bond motifs is 1. The molecule has 3 heterocycles. The van der Waals surface area contributed by atoms with Crippen LogP contribution in [-0.4, -0.2) is 44.5 Å². The van der Waals surface area contributed by atoms with Crippen LogP contribution < -0.4 is 0 Å². The third-order valence-electron chi connectivity index (χ3n) is 4.74. The number of aliphatic hydroxyl groups is 1. The van der Waals surface area contributed by atoms with E-state index in [2.05, 4.69) is 4.98 Å². The van der Waals surface area contributed by atoms with Crippen LogP contribution in [0.5, 0.6) is 0 Å². The number of likely N-dealkylation sites (tertiary alicyclic amines) is 1. The summed E-state index contributed by atoms with van der Waals surface area (Å²) in [4.78, 5) is 19.8. The lowest BCUT2D eigenvalue weighted by Crippen LogP contribution is -2.44. The average molecular weight is 315 g/mol. The number of hydrogen-bond acceptors (Lipinski definition) is 3. The summed E-state index contributed by atoms with van der Waals surface area (Å²) in [7, 11) is 0. The van der Waals surface area contributed by atoms with E-state index in [0.29, 0.717) is 12.1 Å². The Morgan fingerprint density at radius 2 is 2.26 bits per heavy atom. The SMILES string of the molecule is CCc1nc2cc(C)ccn2c1C(=O)N1CCCCC1CCO. The van der Waals surface area contributed by atoms with Crippen LogP contribution in [0.4, 0.5) is 0 Å². The number of aromatic nitrogens is 2. The molecule has 1 atom stereocenters. The van der Waals surface area contributed by atoms with Crippen molar-refractivity contribution in [3.8, 4) is 0 Å². The van der Waals surface area contributed by atoms with E-state index in [0.717, 1.165) is 49.1 Å². The largest absolute Gasteiger partial charge is 0.396 e. The molecule has 2 aromatic heterocycles. The molecule has 3 rings (SSSR count). The smallest absolute Gasteiger partial charge is 0.273 e. The second kappa shape index (κ2) is 6.71. The van der Waals surface area contributed by atoms with Crippen LogP contribution in [-0.2, 0) is 6.42 Å². The van der Waals surface area contributed by atoms with Gasteiger partial charge in [0.2, 0.25) is 0 Å². The summed E-state index contributed by atoms with van der Waals surface area (Å²) in [5, 5.41) is 9.30. The van der Waals surface area contributed by atoms with Crippen molar-refractivity contribution in [3.05, 3.63) is 35.3 Å². The van der Waals surface area contributed by atoms with Crippen molar-refractivity contribution in [1.82, 2.24) is 14.3 Å². The summed E-state index contributed by atoms with van der Waals surface area (Å²) in [6.45, 7) is 4.96. The molecule has 1 aliphatic rings. The van der Waals surface area contributed by atoms with Gasteiger partial charge in [-0.1, -0.05) is 6.92 Å². The van der Waals surface area contributed by atoms with Gasteiger partial charge in [-0.15, -0.1) is 0 Å². The zero-order valence-electron chi connectivity index (χ0n) is 14.0. The Hall–Kier alpha value is -1.88. The average Bonchev–Trinajstić information content (AvgIpc) is 2.92. The molecule has 124 valence electrons. The van der Waals surface area contributed by atoms with Crippen molar-refractivity contribution in [2.45, 2.75) is 52.0 Å². The van der Waals surface area contributed by atoms with Crippen LogP contribution in [0.25, 0.3) is 5.65 Å². The van der Waals surface area contributed by atoms with Gasteiger partial charge in [0, 0.05) is 25.4 Å². The second-order valence-electron chi connectivity index (χ2n) is 6.35. The first-order chi connectivity index (χ1) is 11.2. The van der Waals surface area contributed by atoms with Gasteiger partial charge in [0.15, 0.2) is 0 Å². The predicted molar refractivity (Wildman–Crippen MR) is 89.7 cm³/mol. The van der Waals surface area contributed by atoms with Crippen molar-refractivity contribution >= 4 is 11.6 Å². The van der Waals surface area contributed by atoms with Crippen LogP contribution in [0.3, 0.4) is 0 Å². The van der Waals surface area contributed by atoms with E-state index in [1.165, 1.54) is 0 Å². The molecule has 1 amide bonds. The minimum absolute atomic E-state index is 0.0522. The maximum absolute atomic E-state index is 13.2. The lowest BCUT2D eigenvalue weighted by Gasteiger charge is -2.35. The number of imidazole rings is 1. The molecule has 1 unspecified atom stereocenters. The Labute approximate surface area is 136 Å². The van der Waals surface area contributed by atoms with Crippen LogP contribution in [0, 0.1) is 6.92 Å². The fourth-order valence-electron chi connectivity index (χ4n) is 3.52. The normalized spacial score (nSPS) is 18.6. The molecule has 1 aliphatic heterocycles. The van der Waals surface area contributed by atoms with E-state index in [1.54, 1.807) is 0 Å². The predicted octanol–water partition coefficient (Wildman–Crippen LogP) is 2.58. The van der Waals surface area contributed by atoms with Gasteiger partial charge in [-0.3, -0.25) is 9.20 Å². The molecule has 0 radical (unpaired) electrons. The molecule has 1 fully saturated rings. The molecule has 1 saturated heterocycles. The molecule has 2 aromatic rings. The summed E-state index contributed by atoms with van der Waals surface area (Å²) >= 11 is 0. The summed E-state index contributed by atoms with van der Waals surface area (Å²) in [5.74, 6) is 0.0522. The minimum Gasteiger partial charge on any atom is -0.396 e. The first kappa shape index (κ1) is 16.0. The van der Waals surface area contributed by atoms with Crippen molar-refractivity contribution in [2.24, 2.45) is 0 Å². The van der Waals surface area contributed by atoms with E-state index in [-0.39, 0.29) is 18.6 Å². The van der Waals surface area contributed by atoms with E-state index in [4.69, 9.17) is 0 Å². The Kier molecular flexibility index (Phi) is 4.66. The molecule has 0 aliphatic carbocycles. The number of rotatable bonds is 4. The maximum atomic E-state index is 13.2. The Balaban J connectivity index is 2.02. The minimum atomic E-state index is 0.0522. The van der Waals surface area contributed by atoms with Gasteiger partial charge in [0.1, 0.15) is 11.3 Å². The van der Waals surface area contributed by atoms with E-state index < -0.39 is 0 Å². The molecular weight excluding hydrogens is 290 g/mol. The summed E-state index contributed by atoms with van der Waals surface area (Å²) in [6.07, 6.45) is 6.47. The van der Waals surface area contributed by atoms with E-state index >= 15 is 0 Å². The van der Waals surface area contributed by atoms with E-state index in [1.807, 2.05) is 41.5 Å². The molecule has 5 nitrogen and oxygen atoms in total. The topological polar surface area (TPSA) is 57.8 Å². The van der Waals surface area contributed by atoms with Crippen molar-refractivity contribution in [3.63, 3.8) is 0 Å². The Bertz CT molecular complexity index is 706. The van der Waals surface area contributed by atoms with Crippen LogP contribution in [0.2, 0.25) is 0 Å².